The number of hydrogen-bond acceptors (Lipinski definition) is 3. The van der Waals surface area contributed by atoms with Crippen molar-refractivity contribution < 1.29 is 27.5 Å². The van der Waals surface area contributed by atoms with Gasteiger partial charge in [0.1, 0.15) is 5.75 Å². The first-order valence-corrected chi connectivity index (χ1v) is 8.43. The maximum atomic E-state index is 13.1. The van der Waals surface area contributed by atoms with Crippen molar-refractivity contribution in [1.29, 1.82) is 0 Å². The number of rotatable bonds is 5. The molecule has 0 saturated carbocycles. The highest BCUT2D eigenvalue weighted by molar-refractivity contribution is 6.30. The molecule has 0 atom stereocenters. The van der Waals surface area contributed by atoms with Crippen molar-refractivity contribution in [3.63, 3.8) is 0 Å². The summed E-state index contributed by atoms with van der Waals surface area (Å²) in [6, 6.07) is 13.4. The molecule has 0 bridgehead atoms. The number of ether oxygens (including phenoxy) is 1. The molecule has 0 saturated heterocycles. The van der Waals surface area contributed by atoms with E-state index in [-0.39, 0.29) is 16.3 Å². The molecule has 0 heterocycles. The number of fused-ring (bicyclic) bond motifs is 1. The zero-order valence-corrected chi connectivity index (χ0v) is 15.0. The maximum Gasteiger partial charge on any atom is 0.418 e. The molecule has 0 aliphatic rings. The largest absolute Gasteiger partial charge is 0.483 e. The van der Waals surface area contributed by atoms with Crippen molar-refractivity contribution in [2.24, 2.45) is 0 Å². The van der Waals surface area contributed by atoms with Crippen LogP contribution in [-0.2, 0) is 11.0 Å². The lowest BCUT2D eigenvalue weighted by molar-refractivity contribution is -0.137. The standard InChI is InChI=1S/C20H13ClF3NO3/c21-13-6-7-17(16(9-13)20(22,23)24)25-19(27)11-28-18-8-5-12-3-1-2-4-14(12)15(18)10-26/h1-10H,11H2,(H,25,27). The van der Waals surface area contributed by atoms with Crippen molar-refractivity contribution >= 4 is 40.3 Å². The van der Waals surface area contributed by atoms with E-state index in [1.807, 2.05) is 12.1 Å². The number of aldehydes is 1. The molecule has 28 heavy (non-hydrogen) atoms. The highest BCUT2D eigenvalue weighted by Gasteiger charge is 2.34. The molecule has 0 fully saturated rings. The smallest absolute Gasteiger partial charge is 0.418 e. The summed E-state index contributed by atoms with van der Waals surface area (Å²) in [5.41, 5.74) is -1.24. The molecule has 144 valence electrons. The van der Waals surface area contributed by atoms with Crippen LogP contribution in [0.25, 0.3) is 10.8 Å². The number of hydrogen-bond donors (Lipinski definition) is 1. The van der Waals surface area contributed by atoms with E-state index in [1.165, 1.54) is 12.1 Å². The van der Waals surface area contributed by atoms with Gasteiger partial charge in [-0.2, -0.15) is 13.2 Å². The van der Waals surface area contributed by atoms with Gasteiger partial charge in [-0.25, -0.2) is 0 Å². The fourth-order valence-corrected chi connectivity index (χ4v) is 2.88. The summed E-state index contributed by atoms with van der Waals surface area (Å²) in [6.07, 6.45) is -4.08. The predicted octanol–water partition coefficient (Wildman–Crippen LogP) is 5.34. The molecule has 0 aliphatic heterocycles. The minimum Gasteiger partial charge on any atom is -0.483 e. The van der Waals surface area contributed by atoms with Gasteiger partial charge in [-0.3, -0.25) is 9.59 Å². The van der Waals surface area contributed by atoms with Crippen LogP contribution in [-0.4, -0.2) is 18.8 Å². The fourth-order valence-electron chi connectivity index (χ4n) is 2.71. The fraction of sp³-hybridized carbons (Fsp3) is 0.100. The van der Waals surface area contributed by atoms with Gasteiger partial charge in [-0.1, -0.05) is 41.9 Å². The van der Waals surface area contributed by atoms with Crippen LogP contribution >= 0.6 is 11.6 Å². The van der Waals surface area contributed by atoms with Gasteiger partial charge in [-0.05, 0) is 35.0 Å². The Kier molecular flexibility index (Phi) is 5.56. The summed E-state index contributed by atoms with van der Waals surface area (Å²) in [5.74, 6) is -0.645. The number of alkyl halides is 3. The SMILES string of the molecule is O=Cc1c(OCC(=O)Nc2ccc(Cl)cc2C(F)(F)F)ccc2ccccc12. The van der Waals surface area contributed by atoms with Crippen molar-refractivity contribution in [3.05, 3.63) is 70.7 Å². The van der Waals surface area contributed by atoms with Gasteiger partial charge in [0.25, 0.3) is 5.91 Å². The van der Waals surface area contributed by atoms with Crippen LogP contribution in [0.5, 0.6) is 5.75 Å². The van der Waals surface area contributed by atoms with Crippen LogP contribution in [0, 0.1) is 0 Å². The van der Waals surface area contributed by atoms with Gasteiger partial charge < -0.3 is 10.1 Å². The van der Waals surface area contributed by atoms with E-state index in [2.05, 4.69) is 5.32 Å². The molecule has 4 nitrogen and oxygen atoms in total. The highest BCUT2D eigenvalue weighted by atomic mass is 35.5. The number of anilines is 1. The average molecular weight is 408 g/mol. The molecule has 1 N–H and O–H groups in total. The first-order valence-electron chi connectivity index (χ1n) is 8.06. The molecule has 0 aromatic heterocycles. The zero-order valence-electron chi connectivity index (χ0n) is 14.2. The monoisotopic (exact) mass is 407 g/mol. The Morgan fingerprint density at radius 1 is 1.11 bits per heavy atom. The topological polar surface area (TPSA) is 55.4 Å². The van der Waals surface area contributed by atoms with Gasteiger partial charge in [0.05, 0.1) is 16.8 Å². The summed E-state index contributed by atoms with van der Waals surface area (Å²) < 4.78 is 44.7. The molecule has 8 heteroatoms. The minimum atomic E-state index is -4.68. The van der Waals surface area contributed by atoms with Gasteiger partial charge in [0.15, 0.2) is 12.9 Å². The normalized spacial score (nSPS) is 11.3. The summed E-state index contributed by atoms with van der Waals surface area (Å²) in [4.78, 5) is 23.5. The molecular weight excluding hydrogens is 395 g/mol. The number of carbonyl (C=O) groups excluding carboxylic acids is 2. The summed E-state index contributed by atoms with van der Waals surface area (Å²) in [7, 11) is 0. The molecule has 0 spiro atoms. The number of benzene rings is 3. The van der Waals surface area contributed by atoms with E-state index in [0.717, 1.165) is 17.5 Å². The predicted molar refractivity (Wildman–Crippen MR) is 99.9 cm³/mol. The van der Waals surface area contributed by atoms with Gasteiger partial charge >= 0.3 is 6.18 Å². The Morgan fingerprint density at radius 2 is 1.86 bits per heavy atom. The van der Waals surface area contributed by atoms with E-state index in [1.54, 1.807) is 18.2 Å². The zero-order chi connectivity index (χ0) is 20.3. The molecule has 3 aromatic rings. The second-order valence-electron chi connectivity index (χ2n) is 5.84. The molecule has 0 unspecified atom stereocenters. The third kappa shape index (κ3) is 4.26. The lowest BCUT2D eigenvalue weighted by atomic mass is 10.0. The van der Waals surface area contributed by atoms with E-state index in [9.17, 15) is 22.8 Å². The number of halogens is 4. The first kappa shape index (κ1) is 19.7. The summed E-state index contributed by atoms with van der Waals surface area (Å²) >= 11 is 5.61. The molecule has 3 rings (SSSR count). The van der Waals surface area contributed by atoms with Crippen LogP contribution in [0.4, 0.5) is 18.9 Å². The Balaban J connectivity index is 1.77. The molecule has 0 radical (unpaired) electrons. The van der Waals surface area contributed by atoms with Crippen molar-refractivity contribution in [3.8, 4) is 5.75 Å². The Hall–Kier alpha value is -3.06. The van der Waals surface area contributed by atoms with Crippen molar-refractivity contribution in [2.75, 3.05) is 11.9 Å². The molecule has 3 aromatic carbocycles. The van der Waals surface area contributed by atoms with Crippen molar-refractivity contribution in [2.45, 2.75) is 6.18 Å². The van der Waals surface area contributed by atoms with Crippen LogP contribution in [0.2, 0.25) is 5.02 Å². The van der Waals surface area contributed by atoms with Crippen LogP contribution in [0.3, 0.4) is 0 Å². The van der Waals surface area contributed by atoms with Crippen LogP contribution < -0.4 is 10.1 Å². The van der Waals surface area contributed by atoms with Crippen molar-refractivity contribution in [1.82, 2.24) is 0 Å². The molecular formula is C20H13ClF3NO3. The molecule has 0 aliphatic carbocycles. The molecule has 1 amide bonds. The van der Waals surface area contributed by atoms with Gasteiger partial charge in [0, 0.05) is 5.02 Å². The Bertz CT molecular complexity index is 1050. The number of amides is 1. The van der Waals surface area contributed by atoms with E-state index in [0.29, 0.717) is 11.7 Å². The quantitative estimate of drug-likeness (QED) is 0.581. The second kappa shape index (κ2) is 7.90. The minimum absolute atomic E-state index is 0.103. The summed E-state index contributed by atoms with van der Waals surface area (Å²) in [6.45, 7) is -0.570. The highest BCUT2D eigenvalue weighted by Crippen LogP contribution is 2.36. The summed E-state index contributed by atoms with van der Waals surface area (Å²) in [5, 5.41) is 3.52. The van der Waals surface area contributed by atoms with Gasteiger partial charge in [0.2, 0.25) is 0 Å². The third-order valence-corrected chi connectivity index (χ3v) is 4.20. The number of nitrogens with one attached hydrogen (secondary N) is 1. The van der Waals surface area contributed by atoms with E-state index < -0.39 is 29.9 Å². The third-order valence-electron chi connectivity index (χ3n) is 3.97. The average Bonchev–Trinajstić information content (AvgIpc) is 2.66. The lowest BCUT2D eigenvalue weighted by Crippen LogP contribution is -2.22. The Morgan fingerprint density at radius 3 is 2.57 bits per heavy atom. The lowest BCUT2D eigenvalue weighted by Gasteiger charge is -2.15. The second-order valence-corrected chi connectivity index (χ2v) is 6.28. The Labute approximate surface area is 162 Å². The maximum absolute atomic E-state index is 13.1. The van der Waals surface area contributed by atoms with Crippen LogP contribution in [0.1, 0.15) is 15.9 Å². The number of carbonyl (C=O) groups is 2. The van der Waals surface area contributed by atoms with E-state index >= 15 is 0 Å². The van der Waals surface area contributed by atoms with Gasteiger partial charge in [-0.15, -0.1) is 0 Å². The van der Waals surface area contributed by atoms with E-state index in [4.69, 9.17) is 16.3 Å². The first-order chi connectivity index (χ1) is 13.3. The van der Waals surface area contributed by atoms with Crippen LogP contribution in [0.15, 0.2) is 54.6 Å².